The van der Waals surface area contributed by atoms with Crippen LogP contribution in [0.1, 0.15) is 45.1 Å². The topological polar surface area (TPSA) is 52.0 Å². The van der Waals surface area contributed by atoms with E-state index in [9.17, 15) is 0 Å². The number of nitrogens with one attached hydrogen (secondary N) is 1. The van der Waals surface area contributed by atoms with Crippen LogP contribution in [0.25, 0.3) is 11.3 Å². The summed E-state index contributed by atoms with van der Waals surface area (Å²) >= 11 is 0. The molecule has 136 valence electrons. The van der Waals surface area contributed by atoms with E-state index in [0.29, 0.717) is 18.1 Å². The van der Waals surface area contributed by atoms with E-state index in [4.69, 9.17) is 4.74 Å². The number of ether oxygens (including phenoxy) is 1. The summed E-state index contributed by atoms with van der Waals surface area (Å²) < 4.78 is 7.92. The van der Waals surface area contributed by atoms with Crippen LogP contribution < -0.4 is 5.32 Å². The van der Waals surface area contributed by atoms with E-state index in [2.05, 4.69) is 41.5 Å². The maximum Gasteiger partial charge on any atom is 0.0983 e. The van der Waals surface area contributed by atoms with Crippen LogP contribution in [0.5, 0.6) is 0 Å². The van der Waals surface area contributed by atoms with Crippen molar-refractivity contribution in [2.24, 2.45) is 13.0 Å². The average molecular weight is 342 g/mol. The van der Waals surface area contributed by atoms with E-state index in [1.807, 2.05) is 24.0 Å². The SMILES string of the molecule is CCC(CC)[C@H]1C[C@H](NCc2cn(C)nc2-c2cccnc2)CCO1. The van der Waals surface area contributed by atoms with Gasteiger partial charge in [0.2, 0.25) is 0 Å². The van der Waals surface area contributed by atoms with Gasteiger partial charge in [0.05, 0.1) is 11.8 Å². The molecule has 0 radical (unpaired) electrons. The molecule has 3 heterocycles. The predicted octanol–water partition coefficient (Wildman–Crippen LogP) is 3.56. The van der Waals surface area contributed by atoms with Gasteiger partial charge in [-0.1, -0.05) is 26.7 Å². The third kappa shape index (κ3) is 4.47. The van der Waals surface area contributed by atoms with E-state index in [0.717, 1.165) is 37.3 Å². The molecule has 3 rings (SSSR count). The van der Waals surface area contributed by atoms with Crippen LogP contribution in [0.4, 0.5) is 0 Å². The molecule has 1 aliphatic heterocycles. The highest BCUT2D eigenvalue weighted by molar-refractivity contribution is 5.61. The van der Waals surface area contributed by atoms with E-state index < -0.39 is 0 Å². The average Bonchev–Trinajstić information content (AvgIpc) is 3.03. The third-order valence-corrected chi connectivity index (χ3v) is 5.31. The lowest BCUT2D eigenvalue weighted by Gasteiger charge is -2.34. The molecule has 1 saturated heterocycles. The number of nitrogens with zero attached hydrogens (tertiary/aromatic N) is 3. The number of hydrogen-bond donors (Lipinski definition) is 1. The molecule has 5 nitrogen and oxygen atoms in total. The van der Waals surface area contributed by atoms with Crippen molar-refractivity contribution in [1.29, 1.82) is 0 Å². The van der Waals surface area contributed by atoms with Crippen molar-refractivity contribution >= 4 is 0 Å². The minimum atomic E-state index is 0.396. The van der Waals surface area contributed by atoms with Gasteiger partial charge in [-0.2, -0.15) is 5.10 Å². The number of aromatic nitrogens is 3. The second kappa shape index (κ2) is 8.59. The number of pyridine rings is 1. The fourth-order valence-electron chi connectivity index (χ4n) is 3.82. The zero-order chi connectivity index (χ0) is 17.6. The molecule has 0 spiro atoms. The van der Waals surface area contributed by atoms with Gasteiger partial charge in [0.25, 0.3) is 0 Å². The van der Waals surface area contributed by atoms with Crippen LogP contribution in [0.15, 0.2) is 30.7 Å². The lowest BCUT2D eigenvalue weighted by Crippen LogP contribution is -2.41. The molecule has 2 aromatic heterocycles. The van der Waals surface area contributed by atoms with E-state index in [-0.39, 0.29) is 0 Å². The van der Waals surface area contributed by atoms with Crippen LogP contribution in [-0.4, -0.2) is 33.5 Å². The fraction of sp³-hybridized carbons (Fsp3) is 0.600. The summed E-state index contributed by atoms with van der Waals surface area (Å²) in [6.07, 6.45) is 10.8. The predicted molar refractivity (Wildman–Crippen MR) is 100 cm³/mol. The van der Waals surface area contributed by atoms with Gasteiger partial charge < -0.3 is 10.1 Å². The zero-order valence-corrected chi connectivity index (χ0v) is 15.6. The Kier molecular flexibility index (Phi) is 6.21. The molecular weight excluding hydrogens is 312 g/mol. The second-order valence-corrected chi connectivity index (χ2v) is 7.01. The van der Waals surface area contributed by atoms with Crippen LogP contribution in [0.2, 0.25) is 0 Å². The minimum absolute atomic E-state index is 0.396. The Labute approximate surface area is 150 Å². The van der Waals surface area contributed by atoms with Gasteiger partial charge in [0.1, 0.15) is 0 Å². The Hall–Kier alpha value is -1.72. The maximum atomic E-state index is 6.04. The van der Waals surface area contributed by atoms with Crippen molar-refractivity contribution in [3.8, 4) is 11.3 Å². The zero-order valence-electron chi connectivity index (χ0n) is 15.6. The molecule has 2 atom stereocenters. The van der Waals surface area contributed by atoms with Crippen LogP contribution in [-0.2, 0) is 18.3 Å². The summed E-state index contributed by atoms with van der Waals surface area (Å²) in [5.41, 5.74) is 3.31. The van der Waals surface area contributed by atoms with Gasteiger partial charge in [-0.05, 0) is 30.9 Å². The lowest BCUT2D eigenvalue weighted by molar-refractivity contribution is -0.0350. The summed E-state index contributed by atoms with van der Waals surface area (Å²) in [4.78, 5) is 4.22. The summed E-state index contributed by atoms with van der Waals surface area (Å²) in [5, 5.41) is 8.37. The Morgan fingerprint density at radius 3 is 2.92 bits per heavy atom. The van der Waals surface area contributed by atoms with Crippen molar-refractivity contribution in [2.75, 3.05) is 6.61 Å². The maximum absolute atomic E-state index is 6.04. The molecular formula is C20H30N4O. The lowest BCUT2D eigenvalue weighted by atomic mass is 9.89. The van der Waals surface area contributed by atoms with Gasteiger partial charge in [-0.25, -0.2) is 0 Å². The van der Waals surface area contributed by atoms with Crippen molar-refractivity contribution in [3.63, 3.8) is 0 Å². The normalized spacial score (nSPS) is 21.0. The fourth-order valence-corrected chi connectivity index (χ4v) is 3.82. The van der Waals surface area contributed by atoms with Gasteiger partial charge in [0, 0.05) is 56.0 Å². The first-order valence-electron chi connectivity index (χ1n) is 9.49. The highest BCUT2D eigenvalue weighted by Gasteiger charge is 2.27. The van der Waals surface area contributed by atoms with E-state index in [1.54, 1.807) is 6.20 Å². The Morgan fingerprint density at radius 1 is 1.36 bits per heavy atom. The molecule has 0 saturated carbocycles. The minimum Gasteiger partial charge on any atom is -0.378 e. The number of hydrogen-bond acceptors (Lipinski definition) is 4. The number of rotatable bonds is 7. The molecule has 0 aliphatic carbocycles. The molecule has 0 bridgehead atoms. The first-order valence-corrected chi connectivity index (χ1v) is 9.49. The first kappa shape index (κ1) is 18.1. The summed E-state index contributed by atoms with van der Waals surface area (Å²) in [5.74, 6) is 0.675. The molecule has 0 aromatic carbocycles. The first-order chi connectivity index (χ1) is 12.2. The quantitative estimate of drug-likeness (QED) is 0.836. The summed E-state index contributed by atoms with van der Waals surface area (Å²) in [7, 11) is 1.97. The summed E-state index contributed by atoms with van der Waals surface area (Å²) in [6.45, 7) is 6.23. The van der Waals surface area contributed by atoms with Gasteiger partial charge in [0.15, 0.2) is 0 Å². The standard InChI is InChI=1S/C20H30N4O/c1-4-15(5-2)19-11-18(8-10-25-19)22-13-17-14-24(3)23-20(17)16-7-6-9-21-12-16/h6-7,9,12,14-15,18-19,22H,4-5,8,10-11,13H2,1-3H3/t18-,19-/m1/s1. The molecule has 1 fully saturated rings. The summed E-state index contributed by atoms with van der Waals surface area (Å²) in [6, 6.07) is 4.54. The second-order valence-electron chi connectivity index (χ2n) is 7.01. The monoisotopic (exact) mass is 342 g/mol. The van der Waals surface area contributed by atoms with Crippen LogP contribution in [0.3, 0.4) is 0 Å². The number of aryl methyl sites for hydroxylation is 1. The highest BCUT2D eigenvalue weighted by atomic mass is 16.5. The van der Waals surface area contributed by atoms with Gasteiger partial charge in [-0.3, -0.25) is 9.67 Å². The van der Waals surface area contributed by atoms with Crippen LogP contribution >= 0.6 is 0 Å². The molecule has 1 aliphatic rings. The van der Waals surface area contributed by atoms with Crippen molar-refractivity contribution in [1.82, 2.24) is 20.1 Å². The Morgan fingerprint density at radius 2 is 2.20 bits per heavy atom. The third-order valence-electron chi connectivity index (χ3n) is 5.31. The van der Waals surface area contributed by atoms with E-state index >= 15 is 0 Å². The highest BCUT2D eigenvalue weighted by Crippen LogP contribution is 2.26. The van der Waals surface area contributed by atoms with Crippen LogP contribution in [0, 0.1) is 5.92 Å². The molecule has 0 amide bonds. The van der Waals surface area contributed by atoms with Crippen molar-refractivity contribution in [3.05, 3.63) is 36.3 Å². The Balaban J connectivity index is 1.64. The largest absolute Gasteiger partial charge is 0.378 e. The molecule has 2 aromatic rings. The molecule has 5 heteroatoms. The molecule has 0 unspecified atom stereocenters. The Bertz CT molecular complexity index is 651. The van der Waals surface area contributed by atoms with Crippen molar-refractivity contribution in [2.45, 2.75) is 58.2 Å². The molecule has 1 N–H and O–H groups in total. The molecule has 25 heavy (non-hydrogen) atoms. The van der Waals surface area contributed by atoms with E-state index in [1.165, 1.54) is 18.4 Å². The smallest absolute Gasteiger partial charge is 0.0983 e. The van der Waals surface area contributed by atoms with Gasteiger partial charge >= 0.3 is 0 Å². The van der Waals surface area contributed by atoms with Crippen molar-refractivity contribution < 1.29 is 4.74 Å². The van der Waals surface area contributed by atoms with Gasteiger partial charge in [-0.15, -0.1) is 0 Å².